The molecule has 1 spiro atoms. The van der Waals surface area contributed by atoms with Gasteiger partial charge in [0.2, 0.25) is 5.78 Å². The van der Waals surface area contributed by atoms with Crippen LogP contribution in [0.1, 0.15) is 33.8 Å². The Bertz CT molecular complexity index is 983. The minimum absolute atomic E-state index is 0.0311. The molecular weight excluding hydrogens is 400 g/mol. The quantitative estimate of drug-likeness (QED) is 0.398. The zero-order valence-electron chi connectivity index (χ0n) is 15.3. The van der Waals surface area contributed by atoms with Gasteiger partial charge in [0.05, 0.1) is 5.54 Å². The first-order valence-corrected chi connectivity index (χ1v) is 9.29. The SMILES string of the molecule is Nc1nc(N)c(C(=O)/C=C2\NCC3(CCN(C(=O)c4cocn4)CC3)N2)nc1Cl. The predicted molar refractivity (Wildman–Crippen MR) is 104 cm³/mol. The molecule has 2 aromatic rings. The van der Waals surface area contributed by atoms with E-state index < -0.39 is 5.78 Å². The second-order valence-electron chi connectivity index (χ2n) is 6.98. The van der Waals surface area contributed by atoms with E-state index in [-0.39, 0.29) is 33.9 Å². The number of allylic oxidation sites excluding steroid dienone is 1. The van der Waals surface area contributed by atoms with Gasteiger partial charge < -0.3 is 31.4 Å². The van der Waals surface area contributed by atoms with Crippen LogP contribution < -0.4 is 22.1 Å². The summed E-state index contributed by atoms with van der Waals surface area (Å²) < 4.78 is 4.88. The number of nitrogens with zero attached hydrogens (tertiary/aromatic N) is 4. The molecule has 0 unspecified atom stereocenters. The Hall–Kier alpha value is -3.34. The number of hydrogen-bond donors (Lipinski definition) is 4. The molecule has 2 aromatic heterocycles. The number of amides is 1. The first-order chi connectivity index (χ1) is 13.9. The van der Waals surface area contributed by atoms with Gasteiger partial charge in [-0.15, -0.1) is 0 Å². The molecule has 0 bridgehead atoms. The van der Waals surface area contributed by atoms with Crippen LogP contribution in [0.5, 0.6) is 0 Å². The number of piperidine rings is 1. The lowest BCUT2D eigenvalue weighted by molar-refractivity contribution is 0.0661. The summed E-state index contributed by atoms with van der Waals surface area (Å²) in [6.07, 6.45) is 5.37. The number of rotatable bonds is 3. The van der Waals surface area contributed by atoms with Crippen molar-refractivity contribution in [3.63, 3.8) is 0 Å². The maximum Gasteiger partial charge on any atom is 0.275 e. The molecule has 2 aliphatic rings. The Balaban J connectivity index is 1.41. The van der Waals surface area contributed by atoms with Crippen LogP contribution in [-0.2, 0) is 0 Å². The fourth-order valence-electron chi connectivity index (χ4n) is 3.47. The first-order valence-electron chi connectivity index (χ1n) is 8.91. The molecule has 4 heterocycles. The molecule has 29 heavy (non-hydrogen) atoms. The van der Waals surface area contributed by atoms with Crippen LogP contribution in [0.2, 0.25) is 5.15 Å². The lowest BCUT2D eigenvalue weighted by Gasteiger charge is -2.38. The number of carbonyl (C=O) groups excluding carboxylic acids is 2. The largest absolute Gasteiger partial charge is 0.451 e. The van der Waals surface area contributed by atoms with Crippen LogP contribution in [0.3, 0.4) is 0 Å². The van der Waals surface area contributed by atoms with Crippen molar-refractivity contribution in [1.82, 2.24) is 30.5 Å². The van der Waals surface area contributed by atoms with Crippen molar-refractivity contribution >= 4 is 34.9 Å². The Morgan fingerprint density at radius 3 is 2.69 bits per heavy atom. The number of nitrogens with one attached hydrogen (secondary N) is 2. The van der Waals surface area contributed by atoms with Crippen LogP contribution >= 0.6 is 11.6 Å². The van der Waals surface area contributed by atoms with Gasteiger partial charge in [0, 0.05) is 25.7 Å². The van der Waals surface area contributed by atoms with Crippen molar-refractivity contribution in [2.24, 2.45) is 0 Å². The monoisotopic (exact) mass is 418 g/mol. The molecule has 0 aromatic carbocycles. The van der Waals surface area contributed by atoms with Crippen molar-refractivity contribution < 1.29 is 14.0 Å². The van der Waals surface area contributed by atoms with Gasteiger partial charge in [-0.3, -0.25) is 9.59 Å². The number of nitrogen functional groups attached to an aromatic ring is 2. The van der Waals surface area contributed by atoms with Crippen LogP contribution in [0.25, 0.3) is 0 Å². The van der Waals surface area contributed by atoms with E-state index >= 15 is 0 Å². The van der Waals surface area contributed by atoms with E-state index in [1.165, 1.54) is 18.7 Å². The molecule has 1 amide bonds. The average Bonchev–Trinajstić information content (AvgIpc) is 3.36. The highest BCUT2D eigenvalue weighted by atomic mass is 35.5. The molecule has 0 radical (unpaired) electrons. The lowest BCUT2D eigenvalue weighted by atomic mass is 9.88. The summed E-state index contributed by atoms with van der Waals surface area (Å²) in [6.45, 7) is 1.75. The number of ketones is 1. The Morgan fingerprint density at radius 2 is 2.00 bits per heavy atom. The summed E-state index contributed by atoms with van der Waals surface area (Å²) in [5, 5.41) is 6.47. The highest BCUT2D eigenvalue weighted by molar-refractivity contribution is 6.31. The van der Waals surface area contributed by atoms with E-state index in [2.05, 4.69) is 25.6 Å². The number of carbonyl (C=O) groups is 2. The second-order valence-corrected chi connectivity index (χ2v) is 7.34. The normalized spacial score (nSPS) is 19.2. The van der Waals surface area contributed by atoms with E-state index in [1.54, 1.807) is 4.90 Å². The van der Waals surface area contributed by atoms with Gasteiger partial charge in [-0.05, 0) is 12.8 Å². The maximum absolute atomic E-state index is 12.5. The van der Waals surface area contributed by atoms with Crippen molar-refractivity contribution in [3.8, 4) is 0 Å². The van der Waals surface area contributed by atoms with Crippen LogP contribution in [0.4, 0.5) is 11.6 Å². The highest BCUT2D eigenvalue weighted by Gasteiger charge is 2.40. The number of anilines is 2. The Morgan fingerprint density at radius 1 is 1.24 bits per heavy atom. The van der Waals surface area contributed by atoms with Gasteiger partial charge >= 0.3 is 0 Å². The third kappa shape index (κ3) is 3.68. The van der Waals surface area contributed by atoms with Gasteiger partial charge in [0.15, 0.2) is 34.6 Å². The zero-order valence-corrected chi connectivity index (χ0v) is 16.1. The fourth-order valence-corrected chi connectivity index (χ4v) is 3.59. The number of nitrogens with two attached hydrogens (primary N) is 2. The minimum Gasteiger partial charge on any atom is -0.451 e. The Labute approximate surface area is 170 Å². The number of oxazole rings is 1. The molecule has 4 rings (SSSR count). The standard InChI is InChI=1S/C17H19ClN8O3/c18-13-15(20)24-14(19)12(23-13)10(27)5-11-21-7-17(25-11)1-3-26(4-2-17)16(28)9-6-29-8-22-9/h5-6,8,21,25H,1-4,7H2,(H4,19,20,24)/b11-5+. The highest BCUT2D eigenvalue weighted by Crippen LogP contribution is 2.27. The minimum atomic E-state index is -0.442. The predicted octanol–water partition coefficient (Wildman–Crippen LogP) is 0.174. The second kappa shape index (κ2) is 7.24. The van der Waals surface area contributed by atoms with Gasteiger partial charge in [-0.2, -0.15) is 0 Å². The maximum atomic E-state index is 12.5. The van der Waals surface area contributed by atoms with Crippen LogP contribution in [0, 0.1) is 0 Å². The summed E-state index contributed by atoms with van der Waals surface area (Å²) in [5.41, 5.74) is 11.3. The van der Waals surface area contributed by atoms with Gasteiger partial charge in [-0.1, -0.05) is 11.6 Å². The molecule has 2 fully saturated rings. The molecule has 2 aliphatic heterocycles. The smallest absolute Gasteiger partial charge is 0.275 e. The molecular formula is C17H19ClN8O3. The lowest BCUT2D eigenvalue weighted by Crippen LogP contribution is -2.53. The van der Waals surface area contributed by atoms with E-state index in [0.29, 0.717) is 44.0 Å². The van der Waals surface area contributed by atoms with Gasteiger partial charge in [0.25, 0.3) is 5.91 Å². The third-order valence-corrected chi connectivity index (χ3v) is 5.37. The summed E-state index contributed by atoms with van der Waals surface area (Å²) in [6, 6.07) is 0. The van der Waals surface area contributed by atoms with E-state index in [9.17, 15) is 9.59 Å². The number of halogens is 1. The van der Waals surface area contributed by atoms with Crippen molar-refractivity contribution in [1.29, 1.82) is 0 Å². The topological polar surface area (TPSA) is 165 Å². The van der Waals surface area contributed by atoms with E-state index in [4.69, 9.17) is 27.5 Å². The average molecular weight is 419 g/mol. The first kappa shape index (κ1) is 19.0. The molecule has 12 heteroatoms. The summed E-state index contributed by atoms with van der Waals surface area (Å²) in [5.74, 6) is -0.152. The molecule has 0 saturated carbocycles. The van der Waals surface area contributed by atoms with Crippen LogP contribution in [0.15, 0.2) is 29.0 Å². The summed E-state index contributed by atoms with van der Waals surface area (Å²) in [4.78, 5) is 38.3. The van der Waals surface area contributed by atoms with Crippen molar-refractivity contribution in [3.05, 3.63) is 41.1 Å². The number of aromatic nitrogens is 3. The zero-order chi connectivity index (χ0) is 20.6. The Kier molecular flexibility index (Phi) is 4.74. The molecule has 0 atom stereocenters. The van der Waals surface area contributed by atoms with Crippen LogP contribution in [-0.4, -0.2) is 56.7 Å². The summed E-state index contributed by atoms with van der Waals surface area (Å²) >= 11 is 5.84. The van der Waals surface area contributed by atoms with Gasteiger partial charge in [0.1, 0.15) is 12.1 Å². The summed E-state index contributed by atoms with van der Waals surface area (Å²) in [7, 11) is 0. The third-order valence-electron chi connectivity index (χ3n) is 5.09. The number of hydrogen-bond acceptors (Lipinski definition) is 10. The molecule has 0 aliphatic carbocycles. The molecule has 2 saturated heterocycles. The van der Waals surface area contributed by atoms with E-state index in [1.807, 2.05) is 0 Å². The fraction of sp³-hybridized carbons (Fsp3) is 0.353. The molecule has 11 nitrogen and oxygen atoms in total. The van der Waals surface area contributed by atoms with Crippen molar-refractivity contribution in [2.75, 3.05) is 31.1 Å². The molecule has 152 valence electrons. The number of likely N-dealkylation sites (tertiary alicyclic amines) is 1. The van der Waals surface area contributed by atoms with Crippen molar-refractivity contribution in [2.45, 2.75) is 18.4 Å². The van der Waals surface area contributed by atoms with Gasteiger partial charge in [-0.25, -0.2) is 15.0 Å². The van der Waals surface area contributed by atoms with E-state index in [0.717, 1.165) is 0 Å². The molecule has 6 N–H and O–H groups in total.